The van der Waals surface area contributed by atoms with E-state index in [4.69, 9.17) is 0 Å². The fraction of sp³-hybridized carbons (Fsp3) is 0.538. The number of halogens is 3. The molecule has 0 fully saturated rings. The fourth-order valence-corrected chi connectivity index (χ4v) is 2.52. The van der Waals surface area contributed by atoms with Crippen molar-refractivity contribution >= 4 is 11.8 Å². The molecular formula is C13H19F3N2S. The summed E-state index contributed by atoms with van der Waals surface area (Å²) in [4.78, 5) is 2.81. The molecule has 108 valence electrons. The number of hydrogen-bond acceptors (Lipinski definition) is 3. The first-order valence-corrected chi connectivity index (χ1v) is 7.05. The summed E-state index contributed by atoms with van der Waals surface area (Å²) in [5.74, 6) is 0.779. The number of hydrogen-bond donors (Lipinski definition) is 1. The van der Waals surface area contributed by atoms with Crippen LogP contribution in [0, 0.1) is 0 Å². The smallest absolute Gasteiger partial charge is 0.318 e. The van der Waals surface area contributed by atoms with Crippen LogP contribution in [-0.2, 0) is 6.18 Å². The summed E-state index contributed by atoms with van der Waals surface area (Å²) in [5.41, 5.74) is -0.582. The van der Waals surface area contributed by atoms with Gasteiger partial charge in [-0.15, -0.1) is 11.8 Å². The van der Waals surface area contributed by atoms with E-state index in [1.54, 1.807) is 6.07 Å². The van der Waals surface area contributed by atoms with E-state index >= 15 is 0 Å². The molecule has 19 heavy (non-hydrogen) atoms. The molecule has 0 spiro atoms. The van der Waals surface area contributed by atoms with Crippen molar-refractivity contribution in [1.29, 1.82) is 0 Å². The zero-order valence-corrected chi connectivity index (χ0v) is 11.9. The number of benzene rings is 1. The van der Waals surface area contributed by atoms with E-state index in [0.717, 1.165) is 31.5 Å². The molecule has 0 amide bonds. The molecule has 1 aromatic rings. The Morgan fingerprint density at radius 3 is 2.63 bits per heavy atom. The highest BCUT2D eigenvalue weighted by atomic mass is 32.2. The standard InChI is InChI=1S/C13H19F3N2S/c1-17-6-7-18(2)8-9-19-12-5-3-4-11(10-12)13(14,15)16/h3-5,10,17H,6-9H2,1-2H3. The first-order valence-electron chi connectivity index (χ1n) is 6.06. The van der Waals surface area contributed by atoms with Crippen molar-refractivity contribution in [2.45, 2.75) is 11.1 Å². The molecule has 0 aliphatic rings. The second kappa shape index (κ2) is 7.77. The number of thioether (sulfide) groups is 1. The van der Waals surface area contributed by atoms with Gasteiger partial charge in [0.2, 0.25) is 0 Å². The highest BCUT2D eigenvalue weighted by Crippen LogP contribution is 2.31. The van der Waals surface area contributed by atoms with E-state index in [-0.39, 0.29) is 0 Å². The molecule has 0 bridgehead atoms. The predicted octanol–water partition coefficient (Wildman–Crippen LogP) is 2.95. The molecule has 6 heteroatoms. The van der Waals surface area contributed by atoms with Crippen molar-refractivity contribution in [3.05, 3.63) is 29.8 Å². The van der Waals surface area contributed by atoms with Gasteiger partial charge >= 0.3 is 6.18 Å². The average Bonchev–Trinajstić information content (AvgIpc) is 2.36. The lowest BCUT2D eigenvalue weighted by Crippen LogP contribution is -2.29. The third kappa shape index (κ3) is 6.31. The molecule has 1 rings (SSSR count). The molecule has 0 aliphatic heterocycles. The van der Waals surface area contributed by atoms with E-state index in [2.05, 4.69) is 10.2 Å². The molecule has 1 N–H and O–H groups in total. The van der Waals surface area contributed by atoms with E-state index in [0.29, 0.717) is 4.90 Å². The van der Waals surface area contributed by atoms with E-state index in [1.807, 2.05) is 14.1 Å². The summed E-state index contributed by atoms with van der Waals surface area (Å²) >= 11 is 1.45. The van der Waals surface area contributed by atoms with Crippen LogP contribution in [0.25, 0.3) is 0 Å². The summed E-state index contributed by atoms with van der Waals surface area (Å²) in [6, 6.07) is 5.48. The van der Waals surface area contributed by atoms with Crippen LogP contribution in [0.15, 0.2) is 29.2 Å². The Labute approximate surface area is 116 Å². The highest BCUT2D eigenvalue weighted by Gasteiger charge is 2.30. The van der Waals surface area contributed by atoms with Crippen LogP contribution < -0.4 is 5.32 Å². The van der Waals surface area contributed by atoms with Crippen molar-refractivity contribution in [2.24, 2.45) is 0 Å². The maximum Gasteiger partial charge on any atom is 0.416 e. The van der Waals surface area contributed by atoms with Crippen molar-refractivity contribution < 1.29 is 13.2 Å². The Bertz CT molecular complexity index is 382. The van der Waals surface area contributed by atoms with Crippen LogP contribution in [-0.4, -0.2) is 44.4 Å². The first-order chi connectivity index (χ1) is 8.93. The van der Waals surface area contributed by atoms with E-state index in [1.165, 1.54) is 23.9 Å². The molecule has 1 aromatic carbocycles. The molecule has 0 unspecified atom stereocenters. The quantitative estimate of drug-likeness (QED) is 0.778. The van der Waals surface area contributed by atoms with Crippen LogP contribution >= 0.6 is 11.8 Å². The zero-order chi connectivity index (χ0) is 14.3. The lowest BCUT2D eigenvalue weighted by molar-refractivity contribution is -0.137. The topological polar surface area (TPSA) is 15.3 Å². The second-order valence-corrected chi connectivity index (χ2v) is 5.45. The third-order valence-electron chi connectivity index (χ3n) is 2.65. The van der Waals surface area contributed by atoms with Gasteiger partial charge in [-0.05, 0) is 32.3 Å². The highest BCUT2D eigenvalue weighted by molar-refractivity contribution is 7.99. The Balaban J connectivity index is 2.41. The van der Waals surface area contributed by atoms with Gasteiger partial charge in [-0.3, -0.25) is 0 Å². The number of nitrogens with one attached hydrogen (secondary N) is 1. The lowest BCUT2D eigenvalue weighted by Gasteiger charge is -2.16. The number of likely N-dealkylation sites (N-methyl/N-ethyl adjacent to an activating group) is 2. The van der Waals surface area contributed by atoms with Crippen LogP contribution in [0.5, 0.6) is 0 Å². The summed E-state index contributed by atoms with van der Waals surface area (Å²) in [6.07, 6.45) is -4.26. The second-order valence-electron chi connectivity index (χ2n) is 4.28. The average molecular weight is 292 g/mol. The fourth-order valence-electron chi connectivity index (χ4n) is 1.50. The van der Waals surface area contributed by atoms with Gasteiger partial charge in [-0.25, -0.2) is 0 Å². The Morgan fingerprint density at radius 1 is 1.26 bits per heavy atom. The molecule has 0 heterocycles. The number of rotatable bonds is 7. The number of alkyl halides is 3. The maximum absolute atomic E-state index is 12.5. The minimum Gasteiger partial charge on any atom is -0.318 e. The molecule has 0 saturated heterocycles. The van der Waals surface area contributed by atoms with Gasteiger partial charge in [0, 0.05) is 30.3 Å². The molecule has 0 aliphatic carbocycles. The van der Waals surface area contributed by atoms with Gasteiger partial charge in [0.15, 0.2) is 0 Å². The monoisotopic (exact) mass is 292 g/mol. The van der Waals surface area contributed by atoms with Crippen molar-refractivity contribution in [2.75, 3.05) is 39.5 Å². The Morgan fingerprint density at radius 2 is 2.00 bits per heavy atom. The Hall–Kier alpha value is -0.720. The van der Waals surface area contributed by atoms with Crippen molar-refractivity contribution in [1.82, 2.24) is 10.2 Å². The van der Waals surface area contributed by atoms with Gasteiger partial charge in [0.05, 0.1) is 5.56 Å². The minimum atomic E-state index is -4.26. The van der Waals surface area contributed by atoms with Crippen molar-refractivity contribution in [3.8, 4) is 0 Å². The molecule has 0 atom stereocenters. The van der Waals surface area contributed by atoms with Gasteiger partial charge in [-0.1, -0.05) is 6.07 Å². The maximum atomic E-state index is 12.5. The van der Waals surface area contributed by atoms with Crippen LogP contribution in [0.2, 0.25) is 0 Å². The minimum absolute atomic E-state index is 0.582. The van der Waals surface area contributed by atoms with Gasteiger partial charge in [-0.2, -0.15) is 13.2 Å². The summed E-state index contributed by atoms with van der Waals surface area (Å²) in [5, 5.41) is 3.06. The third-order valence-corrected chi connectivity index (χ3v) is 3.62. The summed E-state index contributed by atoms with van der Waals surface area (Å²) in [7, 11) is 3.90. The lowest BCUT2D eigenvalue weighted by atomic mass is 10.2. The van der Waals surface area contributed by atoms with Gasteiger partial charge < -0.3 is 10.2 Å². The molecule has 2 nitrogen and oxygen atoms in total. The molecule has 0 radical (unpaired) electrons. The molecule has 0 saturated carbocycles. The normalized spacial score (nSPS) is 12.1. The van der Waals surface area contributed by atoms with Crippen LogP contribution in [0.3, 0.4) is 0 Å². The van der Waals surface area contributed by atoms with Gasteiger partial charge in [0.25, 0.3) is 0 Å². The summed E-state index contributed by atoms with van der Waals surface area (Å²) in [6.45, 7) is 2.69. The van der Waals surface area contributed by atoms with E-state index < -0.39 is 11.7 Å². The van der Waals surface area contributed by atoms with Crippen molar-refractivity contribution in [3.63, 3.8) is 0 Å². The number of nitrogens with zero attached hydrogens (tertiary/aromatic N) is 1. The SMILES string of the molecule is CNCCN(C)CCSc1cccc(C(F)(F)F)c1. The van der Waals surface area contributed by atoms with Crippen LogP contribution in [0.1, 0.15) is 5.56 Å². The largest absolute Gasteiger partial charge is 0.416 e. The zero-order valence-electron chi connectivity index (χ0n) is 11.1. The Kier molecular flexibility index (Phi) is 6.68. The molecule has 0 aromatic heterocycles. The summed E-state index contributed by atoms with van der Waals surface area (Å²) < 4.78 is 37.6. The molecular weight excluding hydrogens is 273 g/mol. The van der Waals surface area contributed by atoms with Crippen LogP contribution in [0.4, 0.5) is 13.2 Å². The first kappa shape index (κ1) is 16.3. The van der Waals surface area contributed by atoms with Gasteiger partial charge in [0.1, 0.15) is 0 Å². The predicted molar refractivity (Wildman–Crippen MR) is 73.6 cm³/mol. The van der Waals surface area contributed by atoms with E-state index in [9.17, 15) is 13.2 Å².